The first-order valence-electron chi connectivity index (χ1n) is 8.17. The van der Waals surface area contributed by atoms with Crippen LogP contribution in [0, 0.1) is 12.3 Å². The summed E-state index contributed by atoms with van der Waals surface area (Å²) in [5, 5.41) is 25.9. The minimum atomic E-state index is -0.113. The molecular formula is C15H23N5O2S. The van der Waals surface area contributed by atoms with Crippen LogP contribution in [0.1, 0.15) is 49.4 Å². The summed E-state index contributed by atoms with van der Waals surface area (Å²) < 4.78 is 1.71. The summed E-state index contributed by atoms with van der Waals surface area (Å²) in [6.45, 7) is 2.59. The first-order valence-corrected chi connectivity index (χ1v) is 8.99. The summed E-state index contributed by atoms with van der Waals surface area (Å²) in [4.78, 5) is 12.9. The average Bonchev–Trinajstić information content (AvgIpc) is 3.14. The summed E-state index contributed by atoms with van der Waals surface area (Å²) >= 11 is 1.47. The summed E-state index contributed by atoms with van der Waals surface area (Å²) in [5.41, 5.74) is -0.113. The molecule has 0 aliphatic heterocycles. The molecule has 1 aliphatic rings. The number of hydrogen-bond acceptors (Lipinski definition) is 6. The summed E-state index contributed by atoms with van der Waals surface area (Å²) in [6, 6.07) is 0. The Kier molecular flexibility index (Phi) is 4.91. The van der Waals surface area contributed by atoms with Crippen LogP contribution in [0.3, 0.4) is 0 Å². The van der Waals surface area contributed by atoms with Gasteiger partial charge >= 0.3 is 0 Å². The number of nitrogens with zero attached hydrogens (tertiary/aromatic N) is 4. The van der Waals surface area contributed by atoms with E-state index in [0.29, 0.717) is 19.4 Å². The number of carbonyl (C=O) groups is 1. The molecule has 8 heteroatoms. The van der Waals surface area contributed by atoms with Gasteiger partial charge in [-0.3, -0.25) is 4.79 Å². The topological polar surface area (TPSA) is 92.4 Å². The van der Waals surface area contributed by atoms with Crippen LogP contribution in [0.2, 0.25) is 0 Å². The van der Waals surface area contributed by atoms with Crippen molar-refractivity contribution >= 4 is 22.2 Å². The third-order valence-electron chi connectivity index (χ3n) is 4.66. The Morgan fingerprint density at radius 2 is 2.13 bits per heavy atom. The Morgan fingerprint density at radius 3 is 2.83 bits per heavy atom. The van der Waals surface area contributed by atoms with Gasteiger partial charge in [-0.2, -0.15) is 9.61 Å². The molecule has 1 aliphatic carbocycles. The molecular weight excluding hydrogens is 314 g/mol. The van der Waals surface area contributed by atoms with Gasteiger partial charge in [0.1, 0.15) is 5.01 Å². The van der Waals surface area contributed by atoms with Crippen LogP contribution in [0.4, 0.5) is 0 Å². The average molecular weight is 337 g/mol. The van der Waals surface area contributed by atoms with Crippen molar-refractivity contribution in [1.29, 1.82) is 0 Å². The maximum atomic E-state index is 12.1. The predicted molar refractivity (Wildman–Crippen MR) is 87.3 cm³/mol. The number of aliphatic hydroxyl groups is 1. The molecule has 3 rings (SSSR count). The van der Waals surface area contributed by atoms with Crippen molar-refractivity contribution in [1.82, 2.24) is 25.1 Å². The van der Waals surface area contributed by atoms with Gasteiger partial charge in [-0.05, 0) is 19.8 Å². The second-order valence-electron chi connectivity index (χ2n) is 6.43. The van der Waals surface area contributed by atoms with Crippen molar-refractivity contribution in [2.75, 3.05) is 13.2 Å². The molecule has 0 aromatic carbocycles. The SMILES string of the molecule is Cc1nnc2sc(CCC(=O)NCC3(CO)CCCCC3)nn12. The lowest BCUT2D eigenvalue weighted by Gasteiger charge is -2.35. The smallest absolute Gasteiger partial charge is 0.234 e. The molecule has 0 atom stereocenters. The zero-order chi connectivity index (χ0) is 16.3. The highest BCUT2D eigenvalue weighted by molar-refractivity contribution is 7.16. The summed E-state index contributed by atoms with van der Waals surface area (Å²) in [5.74, 6) is 0.778. The van der Waals surface area contributed by atoms with Crippen LogP contribution in [-0.2, 0) is 11.2 Å². The highest BCUT2D eigenvalue weighted by atomic mass is 32.1. The standard InChI is InChI=1S/C15H23N5O2S/c1-11-17-18-14-20(11)19-13(23-14)6-5-12(22)16-9-15(10-21)7-3-2-4-8-15/h21H,2-10H2,1H3,(H,16,22). The number of nitrogens with one attached hydrogen (secondary N) is 1. The quantitative estimate of drug-likeness (QED) is 0.833. The van der Waals surface area contributed by atoms with Crippen molar-refractivity contribution in [3.8, 4) is 0 Å². The van der Waals surface area contributed by atoms with Crippen molar-refractivity contribution in [3.05, 3.63) is 10.8 Å². The monoisotopic (exact) mass is 337 g/mol. The fourth-order valence-corrected chi connectivity index (χ4v) is 4.02. The Balaban J connectivity index is 1.49. The Bertz CT molecular complexity index is 675. The number of hydrogen-bond donors (Lipinski definition) is 2. The molecule has 1 amide bonds. The number of aryl methyl sites for hydroxylation is 2. The molecule has 2 heterocycles. The van der Waals surface area contributed by atoms with Gasteiger partial charge in [0.05, 0.1) is 6.61 Å². The van der Waals surface area contributed by atoms with E-state index in [1.807, 2.05) is 6.92 Å². The van der Waals surface area contributed by atoms with E-state index in [2.05, 4.69) is 20.6 Å². The normalized spacial score (nSPS) is 17.5. The van der Waals surface area contributed by atoms with Crippen molar-refractivity contribution < 1.29 is 9.90 Å². The zero-order valence-corrected chi connectivity index (χ0v) is 14.2. The van der Waals surface area contributed by atoms with E-state index in [9.17, 15) is 9.90 Å². The molecule has 0 saturated heterocycles. The highest BCUT2D eigenvalue weighted by Crippen LogP contribution is 2.35. The number of aromatic nitrogens is 4. The molecule has 7 nitrogen and oxygen atoms in total. The first kappa shape index (κ1) is 16.3. The third kappa shape index (κ3) is 3.69. The summed E-state index contributed by atoms with van der Waals surface area (Å²) in [7, 11) is 0. The number of amides is 1. The Hall–Kier alpha value is -1.54. The third-order valence-corrected chi connectivity index (χ3v) is 5.62. The van der Waals surface area contributed by atoms with E-state index in [0.717, 1.165) is 41.5 Å². The lowest BCUT2D eigenvalue weighted by molar-refractivity contribution is -0.121. The number of fused-ring (bicyclic) bond motifs is 1. The molecule has 0 spiro atoms. The van der Waals surface area contributed by atoms with Gasteiger partial charge < -0.3 is 10.4 Å². The maximum Gasteiger partial charge on any atom is 0.234 e. The second-order valence-corrected chi connectivity index (χ2v) is 7.47. The van der Waals surface area contributed by atoms with Gasteiger partial charge in [0.25, 0.3) is 0 Å². The minimum absolute atomic E-state index is 0.0195. The van der Waals surface area contributed by atoms with Gasteiger partial charge in [0.2, 0.25) is 10.9 Å². The van der Waals surface area contributed by atoms with E-state index >= 15 is 0 Å². The molecule has 23 heavy (non-hydrogen) atoms. The molecule has 0 bridgehead atoms. The van der Waals surface area contributed by atoms with Crippen molar-refractivity contribution in [3.63, 3.8) is 0 Å². The van der Waals surface area contributed by atoms with Crippen LogP contribution in [0.15, 0.2) is 0 Å². The Morgan fingerprint density at radius 1 is 1.35 bits per heavy atom. The van der Waals surface area contributed by atoms with Crippen molar-refractivity contribution in [2.45, 2.75) is 51.9 Å². The van der Waals surface area contributed by atoms with Crippen LogP contribution >= 0.6 is 11.3 Å². The van der Waals surface area contributed by atoms with E-state index in [1.54, 1.807) is 4.52 Å². The van der Waals surface area contributed by atoms with Gasteiger partial charge in [-0.1, -0.05) is 30.6 Å². The van der Waals surface area contributed by atoms with Crippen molar-refractivity contribution in [2.24, 2.45) is 5.41 Å². The first-order chi connectivity index (χ1) is 11.1. The fraction of sp³-hybridized carbons (Fsp3) is 0.733. The molecule has 126 valence electrons. The van der Waals surface area contributed by atoms with E-state index < -0.39 is 0 Å². The highest BCUT2D eigenvalue weighted by Gasteiger charge is 2.31. The second kappa shape index (κ2) is 6.92. The lowest BCUT2D eigenvalue weighted by atomic mass is 9.74. The molecule has 1 saturated carbocycles. The predicted octanol–water partition coefficient (Wildman–Crippen LogP) is 1.49. The van der Waals surface area contributed by atoms with E-state index in [4.69, 9.17) is 0 Å². The van der Waals surface area contributed by atoms with E-state index in [1.165, 1.54) is 17.8 Å². The van der Waals surface area contributed by atoms with Crippen LogP contribution < -0.4 is 5.32 Å². The number of carbonyl (C=O) groups excluding carboxylic acids is 1. The molecule has 2 N–H and O–H groups in total. The number of aliphatic hydroxyl groups excluding tert-OH is 1. The minimum Gasteiger partial charge on any atom is -0.396 e. The largest absolute Gasteiger partial charge is 0.396 e. The fourth-order valence-electron chi connectivity index (χ4n) is 3.14. The molecule has 0 unspecified atom stereocenters. The van der Waals surface area contributed by atoms with Gasteiger partial charge in [0, 0.05) is 24.8 Å². The lowest BCUT2D eigenvalue weighted by Crippen LogP contribution is -2.41. The molecule has 2 aromatic heterocycles. The molecule has 0 radical (unpaired) electrons. The van der Waals surface area contributed by atoms with Gasteiger partial charge in [0.15, 0.2) is 5.82 Å². The van der Waals surface area contributed by atoms with Crippen LogP contribution in [0.25, 0.3) is 4.96 Å². The van der Waals surface area contributed by atoms with Crippen LogP contribution in [-0.4, -0.2) is 44.0 Å². The number of rotatable bonds is 6. The molecule has 1 fully saturated rings. The van der Waals surface area contributed by atoms with E-state index in [-0.39, 0.29) is 17.9 Å². The zero-order valence-electron chi connectivity index (χ0n) is 13.4. The Labute approximate surface area is 139 Å². The van der Waals surface area contributed by atoms with Gasteiger partial charge in [-0.15, -0.1) is 10.2 Å². The summed E-state index contributed by atoms with van der Waals surface area (Å²) in [6.07, 6.45) is 6.52. The van der Waals surface area contributed by atoms with Gasteiger partial charge in [-0.25, -0.2) is 0 Å². The van der Waals surface area contributed by atoms with Crippen LogP contribution in [0.5, 0.6) is 0 Å². The maximum absolute atomic E-state index is 12.1. The molecule has 2 aromatic rings.